The molecular formula is C28H48O2. The third kappa shape index (κ3) is 3.53. The molecule has 0 heterocycles. The maximum atomic E-state index is 11.1. The summed E-state index contributed by atoms with van der Waals surface area (Å²) in [5.74, 6) is 5.63. The van der Waals surface area contributed by atoms with E-state index >= 15 is 0 Å². The molecule has 4 aliphatic rings. The van der Waals surface area contributed by atoms with Gasteiger partial charge in [-0.25, -0.2) is 0 Å². The average Bonchev–Trinajstić information content (AvgIpc) is 3.04. The summed E-state index contributed by atoms with van der Waals surface area (Å²) in [6, 6.07) is 0. The summed E-state index contributed by atoms with van der Waals surface area (Å²) in [5, 5.41) is 21.4. The molecule has 11 atom stereocenters. The number of rotatable bonds is 4. The number of hydrogen-bond donors (Lipinski definition) is 2. The van der Waals surface area contributed by atoms with E-state index in [1.165, 1.54) is 38.5 Å². The lowest BCUT2D eigenvalue weighted by molar-refractivity contribution is -0.181. The molecule has 172 valence electrons. The fourth-order valence-corrected chi connectivity index (χ4v) is 8.91. The molecule has 0 aromatic rings. The van der Waals surface area contributed by atoms with Crippen LogP contribution < -0.4 is 0 Å². The van der Waals surface area contributed by atoms with Gasteiger partial charge in [-0.05, 0) is 110 Å². The average molecular weight is 417 g/mol. The maximum absolute atomic E-state index is 11.1. The van der Waals surface area contributed by atoms with Gasteiger partial charge in [0.25, 0.3) is 0 Å². The molecule has 0 amide bonds. The molecule has 2 heteroatoms. The van der Waals surface area contributed by atoms with Gasteiger partial charge in [-0.2, -0.15) is 0 Å². The van der Waals surface area contributed by atoms with Gasteiger partial charge >= 0.3 is 0 Å². The number of allylic oxidation sites excluding steroid dienone is 2. The summed E-state index contributed by atoms with van der Waals surface area (Å²) >= 11 is 0. The second-order valence-electron chi connectivity index (χ2n) is 12.7. The Balaban J connectivity index is 1.53. The molecule has 0 radical (unpaired) electrons. The van der Waals surface area contributed by atoms with E-state index in [4.69, 9.17) is 0 Å². The molecule has 30 heavy (non-hydrogen) atoms. The quantitative estimate of drug-likeness (QED) is 0.516. The van der Waals surface area contributed by atoms with E-state index in [-0.39, 0.29) is 17.6 Å². The summed E-state index contributed by atoms with van der Waals surface area (Å²) in [6.07, 6.45) is 13.8. The first-order chi connectivity index (χ1) is 14.1. The Morgan fingerprint density at radius 1 is 0.833 bits per heavy atom. The monoisotopic (exact) mass is 416 g/mol. The summed E-state index contributed by atoms with van der Waals surface area (Å²) in [4.78, 5) is 0. The highest BCUT2D eigenvalue weighted by atomic mass is 16.3. The predicted molar refractivity (Wildman–Crippen MR) is 125 cm³/mol. The van der Waals surface area contributed by atoms with Crippen molar-refractivity contribution in [2.24, 2.45) is 58.2 Å². The van der Waals surface area contributed by atoms with Gasteiger partial charge in [-0.1, -0.05) is 53.7 Å². The predicted octanol–water partition coefficient (Wildman–Crippen LogP) is 6.46. The van der Waals surface area contributed by atoms with Gasteiger partial charge in [0.05, 0.1) is 12.2 Å². The number of fused-ring (bicyclic) bond motifs is 5. The fourth-order valence-electron chi connectivity index (χ4n) is 8.91. The van der Waals surface area contributed by atoms with Gasteiger partial charge in [0.15, 0.2) is 0 Å². The molecule has 0 aromatic heterocycles. The summed E-state index contributed by atoms with van der Waals surface area (Å²) in [7, 11) is 0. The van der Waals surface area contributed by atoms with Crippen LogP contribution >= 0.6 is 0 Å². The highest BCUT2D eigenvalue weighted by molar-refractivity contribution is 5.12. The third-order valence-corrected chi connectivity index (χ3v) is 11.2. The minimum atomic E-state index is -0.319. The van der Waals surface area contributed by atoms with E-state index in [1.54, 1.807) is 0 Å². The largest absolute Gasteiger partial charge is 0.393 e. The second kappa shape index (κ2) is 8.22. The van der Waals surface area contributed by atoms with Gasteiger partial charge in [-0.3, -0.25) is 0 Å². The smallest absolute Gasteiger partial charge is 0.0623 e. The van der Waals surface area contributed by atoms with E-state index in [0.717, 1.165) is 24.2 Å². The van der Waals surface area contributed by atoms with Crippen LogP contribution in [0.1, 0.15) is 92.9 Å². The Morgan fingerprint density at radius 3 is 2.27 bits per heavy atom. The zero-order valence-electron chi connectivity index (χ0n) is 20.5. The first-order valence-corrected chi connectivity index (χ1v) is 13.1. The van der Waals surface area contributed by atoms with Crippen molar-refractivity contribution in [1.29, 1.82) is 0 Å². The van der Waals surface area contributed by atoms with Crippen LogP contribution in [0.4, 0.5) is 0 Å². The molecule has 3 unspecified atom stereocenters. The number of hydrogen-bond acceptors (Lipinski definition) is 2. The van der Waals surface area contributed by atoms with Crippen LogP contribution in [0.5, 0.6) is 0 Å². The van der Waals surface area contributed by atoms with Crippen molar-refractivity contribution in [3.8, 4) is 0 Å². The number of aliphatic hydroxyl groups is 2. The molecule has 0 aliphatic heterocycles. The second-order valence-corrected chi connectivity index (χ2v) is 12.7. The summed E-state index contributed by atoms with van der Waals surface area (Å²) in [5.41, 5.74) is 0.494. The molecule has 0 saturated heterocycles. The molecule has 2 N–H and O–H groups in total. The standard InChI is InChI=1S/C28H48O2/c1-17(2)18(3)7-8-19(4)23-11-12-24-22-10-9-20-15-21(29)16-26(30)28(20,6)25(22)13-14-27(23,24)5/h7-8,17-26,29-30H,9-16H2,1-6H3/t18-,19+,20?,21?,22-,23+,24-,25-,26?,27+,28-/m0/s1. The highest BCUT2D eigenvalue weighted by Gasteiger charge is 2.62. The van der Waals surface area contributed by atoms with Crippen molar-refractivity contribution in [2.45, 2.75) is 105 Å². The lowest BCUT2D eigenvalue weighted by Crippen LogP contribution is -2.59. The van der Waals surface area contributed by atoms with E-state index in [0.29, 0.717) is 41.4 Å². The minimum absolute atomic E-state index is 0.0276. The molecular weight excluding hydrogens is 368 g/mol. The van der Waals surface area contributed by atoms with Crippen molar-refractivity contribution in [2.75, 3.05) is 0 Å². The lowest BCUT2D eigenvalue weighted by atomic mass is 9.43. The Morgan fingerprint density at radius 2 is 1.57 bits per heavy atom. The third-order valence-electron chi connectivity index (χ3n) is 11.2. The van der Waals surface area contributed by atoms with Gasteiger partial charge in [0, 0.05) is 0 Å². The van der Waals surface area contributed by atoms with E-state index in [2.05, 4.69) is 53.7 Å². The topological polar surface area (TPSA) is 40.5 Å². The first-order valence-electron chi connectivity index (χ1n) is 13.1. The molecule has 4 saturated carbocycles. The molecule has 0 bridgehead atoms. The van der Waals surface area contributed by atoms with Crippen LogP contribution in [-0.4, -0.2) is 22.4 Å². The fraction of sp³-hybridized carbons (Fsp3) is 0.929. The van der Waals surface area contributed by atoms with Crippen molar-refractivity contribution in [1.82, 2.24) is 0 Å². The van der Waals surface area contributed by atoms with Crippen molar-refractivity contribution in [3.63, 3.8) is 0 Å². The van der Waals surface area contributed by atoms with Crippen LogP contribution in [0.3, 0.4) is 0 Å². The van der Waals surface area contributed by atoms with Crippen LogP contribution in [0.2, 0.25) is 0 Å². The highest BCUT2D eigenvalue weighted by Crippen LogP contribution is 2.68. The van der Waals surface area contributed by atoms with Crippen LogP contribution in [0.25, 0.3) is 0 Å². The molecule has 0 spiro atoms. The first kappa shape index (κ1) is 22.8. The maximum Gasteiger partial charge on any atom is 0.0623 e. The minimum Gasteiger partial charge on any atom is -0.393 e. The van der Waals surface area contributed by atoms with Gasteiger partial charge < -0.3 is 10.2 Å². The van der Waals surface area contributed by atoms with E-state index in [1.807, 2.05) is 0 Å². The van der Waals surface area contributed by atoms with Crippen molar-refractivity contribution < 1.29 is 10.2 Å². The molecule has 0 aromatic carbocycles. The van der Waals surface area contributed by atoms with Gasteiger partial charge in [0.2, 0.25) is 0 Å². The van der Waals surface area contributed by atoms with Crippen LogP contribution in [0.15, 0.2) is 12.2 Å². The molecule has 4 rings (SSSR count). The van der Waals surface area contributed by atoms with Crippen LogP contribution in [-0.2, 0) is 0 Å². The Hall–Kier alpha value is -0.340. The number of aliphatic hydroxyl groups excluding tert-OH is 2. The van der Waals surface area contributed by atoms with E-state index in [9.17, 15) is 10.2 Å². The SMILES string of the molecule is CC(C)[C@@H](C)C=C[C@@H](C)[C@H]1CC[C@H]2[C@@H]3CCC4CC(O)CC(O)[C@]4(C)[C@H]3CC[C@]12C. The normalized spacial score (nSPS) is 50.8. The molecule has 2 nitrogen and oxygen atoms in total. The summed E-state index contributed by atoms with van der Waals surface area (Å²) in [6.45, 7) is 14.5. The summed E-state index contributed by atoms with van der Waals surface area (Å²) < 4.78 is 0. The Bertz CT molecular complexity index is 641. The zero-order chi connectivity index (χ0) is 21.8. The van der Waals surface area contributed by atoms with Crippen LogP contribution in [0, 0.1) is 58.2 Å². The van der Waals surface area contributed by atoms with Crippen molar-refractivity contribution >= 4 is 0 Å². The lowest BCUT2D eigenvalue weighted by Gasteiger charge is -2.62. The Kier molecular flexibility index (Phi) is 6.26. The van der Waals surface area contributed by atoms with Gasteiger partial charge in [-0.15, -0.1) is 0 Å². The molecule has 4 aliphatic carbocycles. The zero-order valence-corrected chi connectivity index (χ0v) is 20.5. The van der Waals surface area contributed by atoms with Gasteiger partial charge in [0.1, 0.15) is 0 Å². The van der Waals surface area contributed by atoms with Crippen molar-refractivity contribution in [3.05, 3.63) is 12.2 Å². The molecule has 4 fully saturated rings. The van der Waals surface area contributed by atoms with E-state index < -0.39 is 0 Å². The Labute approximate surface area is 185 Å².